The van der Waals surface area contributed by atoms with Crippen LogP contribution in [0.15, 0.2) is 46.9 Å². The van der Waals surface area contributed by atoms with Crippen molar-refractivity contribution in [1.29, 1.82) is 0 Å². The van der Waals surface area contributed by atoms with Gasteiger partial charge in [-0.25, -0.2) is 0 Å². The summed E-state index contributed by atoms with van der Waals surface area (Å²) in [5, 5.41) is 10.6. The summed E-state index contributed by atoms with van der Waals surface area (Å²) in [6.07, 6.45) is 0. The molecule has 0 aliphatic rings. The molecule has 0 bridgehead atoms. The summed E-state index contributed by atoms with van der Waals surface area (Å²) in [6.45, 7) is 0.273. The topological polar surface area (TPSA) is 78.4 Å². The van der Waals surface area contributed by atoms with E-state index in [1.807, 2.05) is 6.07 Å². The third-order valence-corrected chi connectivity index (χ3v) is 3.46. The zero-order valence-corrected chi connectivity index (χ0v) is 13.2. The van der Waals surface area contributed by atoms with Crippen LogP contribution in [-0.2, 0) is 6.61 Å². The van der Waals surface area contributed by atoms with E-state index in [0.29, 0.717) is 11.3 Å². The van der Waals surface area contributed by atoms with Crippen molar-refractivity contribution >= 4 is 38.8 Å². The molecule has 2 rings (SSSR count). The lowest BCUT2D eigenvalue weighted by Crippen LogP contribution is -2.11. The third kappa shape index (κ3) is 3.99. The number of nitro benzene ring substituents is 1. The van der Waals surface area contributed by atoms with E-state index in [2.05, 4.69) is 15.9 Å². The Morgan fingerprint density at radius 1 is 1.29 bits per heavy atom. The molecule has 0 heterocycles. The molecule has 0 saturated carbocycles. The number of ether oxygens (including phenoxy) is 1. The molecule has 0 radical (unpaired) electrons. The molecule has 0 unspecified atom stereocenters. The van der Waals surface area contributed by atoms with Crippen LogP contribution in [0.3, 0.4) is 0 Å². The molecule has 0 amide bonds. The Bertz CT molecular complexity index is 689. The van der Waals surface area contributed by atoms with Gasteiger partial charge in [0.2, 0.25) is 0 Å². The van der Waals surface area contributed by atoms with Crippen molar-refractivity contribution in [2.24, 2.45) is 5.73 Å². The number of hydrogen-bond donors (Lipinski definition) is 1. The Hall–Kier alpha value is -1.99. The standard InChI is InChI=1S/C14H11BrN2O3S/c15-10-3-6-13(12(7-10)14(16)21)20-8-9-1-4-11(5-2-9)17(18)19/h1-7H,8H2,(H2,16,21). The first-order valence-electron chi connectivity index (χ1n) is 5.93. The fourth-order valence-electron chi connectivity index (χ4n) is 1.70. The molecule has 0 fully saturated rings. The van der Waals surface area contributed by atoms with E-state index < -0.39 is 4.92 Å². The van der Waals surface area contributed by atoms with Gasteiger partial charge in [-0.1, -0.05) is 28.1 Å². The SMILES string of the molecule is NC(=S)c1cc(Br)ccc1OCc1ccc([N+](=O)[O-])cc1. The predicted molar refractivity (Wildman–Crippen MR) is 87.5 cm³/mol. The van der Waals surface area contributed by atoms with Crippen molar-refractivity contribution < 1.29 is 9.66 Å². The highest BCUT2D eigenvalue weighted by Crippen LogP contribution is 2.24. The Morgan fingerprint density at radius 2 is 1.95 bits per heavy atom. The van der Waals surface area contributed by atoms with E-state index in [1.54, 1.807) is 24.3 Å². The van der Waals surface area contributed by atoms with Gasteiger partial charge in [0.25, 0.3) is 5.69 Å². The van der Waals surface area contributed by atoms with E-state index >= 15 is 0 Å². The number of rotatable bonds is 5. The number of nitrogens with two attached hydrogens (primary N) is 1. The van der Waals surface area contributed by atoms with Gasteiger partial charge in [-0.3, -0.25) is 10.1 Å². The fourth-order valence-corrected chi connectivity index (χ4v) is 2.22. The molecule has 0 spiro atoms. The molecule has 2 N–H and O–H groups in total. The average molecular weight is 367 g/mol. The van der Waals surface area contributed by atoms with Crippen LogP contribution in [-0.4, -0.2) is 9.91 Å². The highest BCUT2D eigenvalue weighted by atomic mass is 79.9. The van der Waals surface area contributed by atoms with E-state index in [4.69, 9.17) is 22.7 Å². The van der Waals surface area contributed by atoms with Crippen LogP contribution >= 0.6 is 28.1 Å². The molecule has 0 aliphatic heterocycles. The van der Waals surface area contributed by atoms with E-state index in [-0.39, 0.29) is 17.3 Å². The van der Waals surface area contributed by atoms with Crippen molar-refractivity contribution in [1.82, 2.24) is 0 Å². The van der Waals surface area contributed by atoms with Gasteiger partial charge in [-0.15, -0.1) is 0 Å². The minimum Gasteiger partial charge on any atom is -0.488 e. The van der Waals surface area contributed by atoms with Gasteiger partial charge in [0.15, 0.2) is 0 Å². The molecular weight excluding hydrogens is 356 g/mol. The largest absolute Gasteiger partial charge is 0.488 e. The molecule has 21 heavy (non-hydrogen) atoms. The average Bonchev–Trinajstić information content (AvgIpc) is 2.46. The second-order valence-corrected chi connectivity index (χ2v) is 5.57. The lowest BCUT2D eigenvalue weighted by Gasteiger charge is -2.11. The molecule has 2 aromatic rings. The van der Waals surface area contributed by atoms with Crippen LogP contribution in [0.4, 0.5) is 5.69 Å². The van der Waals surface area contributed by atoms with Crippen molar-refractivity contribution in [2.45, 2.75) is 6.61 Å². The molecule has 108 valence electrons. The van der Waals surface area contributed by atoms with Crippen molar-refractivity contribution in [2.75, 3.05) is 0 Å². The van der Waals surface area contributed by atoms with Crippen LogP contribution in [0.2, 0.25) is 0 Å². The van der Waals surface area contributed by atoms with Crippen molar-refractivity contribution in [3.05, 3.63) is 68.2 Å². The predicted octanol–water partition coefficient (Wildman–Crippen LogP) is 3.57. The number of benzene rings is 2. The lowest BCUT2D eigenvalue weighted by molar-refractivity contribution is -0.384. The first kappa shape index (κ1) is 15.4. The van der Waals surface area contributed by atoms with Gasteiger partial charge in [0.1, 0.15) is 17.3 Å². The summed E-state index contributed by atoms with van der Waals surface area (Å²) in [4.78, 5) is 10.4. The molecule has 0 aliphatic carbocycles. The van der Waals surface area contributed by atoms with Crippen LogP contribution in [0.1, 0.15) is 11.1 Å². The molecule has 5 nitrogen and oxygen atoms in total. The maximum Gasteiger partial charge on any atom is 0.269 e. The highest BCUT2D eigenvalue weighted by Gasteiger charge is 2.09. The molecule has 2 aromatic carbocycles. The Labute approximate surface area is 135 Å². The first-order valence-corrected chi connectivity index (χ1v) is 7.13. The minimum absolute atomic E-state index is 0.0474. The first-order chi connectivity index (χ1) is 9.97. The zero-order valence-electron chi connectivity index (χ0n) is 10.8. The zero-order chi connectivity index (χ0) is 15.4. The molecule has 0 atom stereocenters. The number of non-ortho nitro benzene ring substituents is 1. The van der Waals surface area contributed by atoms with E-state index in [9.17, 15) is 10.1 Å². The number of nitrogens with zero attached hydrogens (tertiary/aromatic N) is 1. The van der Waals surface area contributed by atoms with Crippen LogP contribution < -0.4 is 10.5 Å². The van der Waals surface area contributed by atoms with Gasteiger partial charge in [-0.2, -0.15) is 0 Å². The minimum atomic E-state index is -0.440. The normalized spacial score (nSPS) is 10.1. The van der Waals surface area contributed by atoms with Crippen molar-refractivity contribution in [3.63, 3.8) is 0 Å². The highest BCUT2D eigenvalue weighted by molar-refractivity contribution is 9.10. The smallest absolute Gasteiger partial charge is 0.269 e. The van der Waals surface area contributed by atoms with E-state index in [0.717, 1.165) is 10.0 Å². The Morgan fingerprint density at radius 3 is 2.52 bits per heavy atom. The Balaban J connectivity index is 2.13. The number of nitro groups is 1. The summed E-state index contributed by atoms with van der Waals surface area (Å²) in [7, 11) is 0. The number of hydrogen-bond acceptors (Lipinski definition) is 4. The van der Waals surface area contributed by atoms with Gasteiger partial charge in [0.05, 0.1) is 10.5 Å². The van der Waals surface area contributed by atoms with Gasteiger partial charge < -0.3 is 10.5 Å². The summed E-state index contributed by atoms with van der Waals surface area (Å²) in [5.41, 5.74) is 7.17. The summed E-state index contributed by atoms with van der Waals surface area (Å²) in [5.74, 6) is 0.573. The van der Waals surface area contributed by atoms with Gasteiger partial charge >= 0.3 is 0 Å². The lowest BCUT2D eigenvalue weighted by atomic mass is 10.2. The third-order valence-electron chi connectivity index (χ3n) is 2.75. The van der Waals surface area contributed by atoms with Gasteiger partial charge in [0, 0.05) is 16.6 Å². The van der Waals surface area contributed by atoms with Crippen molar-refractivity contribution in [3.8, 4) is 5.75 Å². The van der Waals surface area contributed by atoms with Crippen LogP contribution in [0, 0.1) is 10.1 Å². The Kier molecular flexibility index (Phi) is 4.87. The quantitative estimate of drug-likeness (QED) is 0.497. The molecule has 0 aromatic heterocycles. The second kappa shape index (κ2) is 6.64. The molecule has 0 saturated heterocycles. The fraction of sp³-hybridized carbons (Fsp3) is 0.0714. The van der Waals surface area contributed by atoms with Crippen LogP contribution in [0.25, 0.3) is 0 Å². The van der Waals surface area contributed by atoms with Gasteiger partial charge in [-0.05, 0) is 35.9 Å². The van der Waals surface area contributed by atoms with E-state index in [1.165, 1.54) is 12.1 Å². The second-order valence-electron chi connectivity index (χ2n) is 4.22. The summed E-state index contributed by atoms with van der Waals surface area (Å²) < 4.78 is 6.54. The summed E-state index contributed by atoms with van der Waals surface area (Å²) >= 11 is 8.34. The molecular formula is C14H11BrN2O3S. The monoisotopic (exact) mass is 366 g/mol. The maximum atomic E-state index is 10.6. The molecule has 7 heteroatoms. The number of halogens is 1. The van der Waals surface area contributed by atoms with Crippen LogP contribution in [0.5, 0.6) is 5.75 Å². The number of thiocarbonyl (C=S) groups is 1. The summed E-state index contributed by atoms with van der Waals surface area (Å²) in [6, 6.07) is 11.6. The maximum absolute atomic E-state index is 10.6.